The normalized spacial score (nSPS) is 15.1. The first-order valence-electron chi connectivity index (χ1n) is 11.4. The minimum absolute atomic E-state index is 0.0463. The number of hydrogen-bond acceptors (Lipinski definition) is 5. The van der Waals surface area contributed by atoms with Gasteiger partial charge in [0.2, 0.25) is 0 Å². The molecule has 0 spiro atoms. The molecule has 0 radical (unpaired) electrons. The van der Waals surface area contributed by atoms with Gasteiger partial charge in [-0.1, -0.05) is 18.2 Å². The van der Waals surface area contributed by atoms with Crippen LogP contribution in [0, 0.1) is 0 Å². The first-order chi connectivity index (χ1) is 15.8. The van der Waals surface area contributed by atoms with Crippen LogP contribution >= 0.6 is 0 Å². The van der Waals surface area contributed by atoms with Crippen LogP contribution in [0.15, 0.2) is 71.3 Å². The molecule has 0 unspecified atom stereocenters. The average molecular weight is 436 g/mol. The van der Waals surface area contributed by atoms with Crippen LogP contribution in [0.5, 0.6) is 5.75 Å². The number of rotatable bonds is 10. The second-order valence-electron chi connectivity index (χ2n) is 8.31. The van der Waals surface area contributed by atoms with Gasteiger partial charge in [0, 0.05) is 49.0 Å². The number of carboxylic acids is 1. The molecule has 2 heterocycles. The zero-order chi connectivity index (χ0) is 23.4. The Kier molecular flexibility index (Phi) is 6.40. The third-order valence-electron chi connectivity index (χ3n) is 5.68. The molecule has 0 bridgehead atoms. The zero-order valence-corrected chi connectivity index (χ0v) is 18.5. The number of anilines is 1. The van der Waals surface area contributed by atoms with Crippen molar-refractivity contribution in [1.82, 2.24) is 4.90 Å². The van der Waals surface area contributed by atoms with Crippen molar-refractivity contribution in [3.05, 3.63) is 72.5 Å². The van der Waals surface area contributed by atoms with E-state index in [0.717, 1.165) is 41.4 Å². The standard InChI is InChI=1S/C26H30N2O4/c1-19(2)28(22-11-9-20(10-12-22)24-8-5-15-31-24)16-21-6-3-4-7-25(21)32-23-17-27(18-23)14-13-26(29)30/h3-12,15,19,23H,13-14,16-18H2,1-2H3,(H,29,30)/i19D. The SMILES string of the molecule is [2H]C(C)(C)N(Cc1ccccc1OC1CN(CCC(=O)O)C1)c1ccc(-c2ccco2)cc1. The number of furan rings is 1. The number of aliphatic carboxylic acids is 1. The van der Waals surface area contributed by atoms with Crippen LogP contribution in [-0.4, -0.2) is 47.7 Å². The van der Waals surface area contributed by atoms with Crippen molar-refractivity contribution in [2.75, 3.05) is 24.5 Å². The highest BCUT2D eigenvalue weighted by Gasteiger charge is 2.29. The molecule has 1 fully saturated rings. The van der Waals surface area contributed by atoms with E-state index in [0.29, 0.717) is 13.1 Å². The molecular weight excluding hydrogens is 404 g/mol. The Labute approximate surface area is 190 Å². The smallest absolute Gasteiger partial charge is 0.304 e. The van der Waals surface area contributed by atoms with Crippen LogP contribution < -0.4 is 9.64 Å². The first-order valence-corrected chi connectivity index (χ1v) is 10.9. The van der Waals surface area contributed by atoms with Crippen molar-refractivity contribution in [3.63, 3.8) is 0 Å². The summed E-state index contributed by atoms with van der Waals surface area (Å²) >= 11 is 0. The first kappa shape index (κ1) is 20.6. The molecular formula is C26H30N2O4. The monoisotopic (exact) mass is 435 g/mol. The van der Waals surface area contributed by atoms with E-state index in [1.54, 1.807) is 6.26 Å². The minimum atomic E-state index is -0.844. The molecule has 2 aromatic carbocycles. The predicted molar refractivity (Wildman–Crippen MR) is 125 cm³/mol. The van der Waals surface area contributed by atoms with Crippen LogP contribution in [0.3, 0.4) is 0 Å². The summed E-state index contributed by atoms with van der Waals surface area (Å²) in [6.07, 6.45) is 1.85. The summed E-state index contributed by atoms with van der Waals surface area (Å²) in [5.41, 5.74) is 2.95. The van der Waals surface area contributed by atoms with Gasteiger partial charge >= 0.3 is 5.97 Å². The van der Waals surface area contributed by atoms with Crippen molar-refractivity contribution in [2.45, 2.75) is 38.9 Å². The molecule has 0 amide bonds. The number of nitrogens with zero attached hydrogens (tertiary/aromatic N) is 2. The molecule has 1 saturated heterocycles. The van der Waals surface area contributed by atoms with Gasteiger partial charge in [0.25, 0.3) is 0 Å². The summed E-state index contributed by atoms with van der Waals surface area (Å²) in [6.45, 7) is 6.28. The van der Waals surface area contributed by atoms with Crippen LogP contribution in [0.4, 0.5) is 5.69 Å². The molecule has 6 heteroatoms. The second kappa shape index (κ2) is 9.92. The third kappa shape index (κ3) is 5.32. The minimum Gasteiger partial charge on any atom is -0.487 e. The molecule has 3 aromatic rings. The molecule has 0 atom stereocenters. The van der Waals surface area contributed by atoms with E-state index in [-0.39, 0.29) is 12.5 Å². The van der Waals surface area contributed by atoms with Crippen molar-refractivity contribution in [2.24, 2.45) is 0 Å². The van der Waals surface area contributed by atoms with Gasteiger partial charge in [0.15, 0.2) is 0 Å². The maximum absolute atomic E-state index is 10.8. The molecule has 1 aliphatic heterocycles. The summed E-state index contributed by atoms with van der Waals surface area (Å²) in [4.78, 5) is 14.9. The summed E-state index contributed by atoms with van der Waals surface area (Å²) in [5, 5.41) is 8.84. The van der Waals surface area contributed by atoms with Gasteiger partial charge in [0.05, 0.1) is 14.1 Å². The summed E-state index contributed by atoms with van der Waals surface area (Å²) in [5.74, 6) is 0.844. The zero-order valence-electron chi connectivity index (χ0n) is 19.5. The molecule has 1 aromatic heterocycles. The van der Waals surface area contributed by atoms with Gasteiger partial charge in [0.1, 0.15) is 17.6 Å². The van der Waals surface area contributed by atoms with Gasteiger partial charge < -0.3 is 19.2 Å². The molecule has 0 aliphatic carbocycles. The summed E-state index contributed by atoms with van der Waals surface area (Å²) in [6, 6.07) is 18.9. The number of benzene rings is 2. The van der Waals surface area contributed by atoms with E-state index in [4.69, 9.17) is 15.6 Å². The lowest BCUT2D eigenvalue weighted by atomic mass is 10.1. The fraction of sp³-hybridized carbons (Fsp3) is 0.346. The molecule has 32 heavy (non-hydrogen) atoms. The van der Waals surface area contributed by atoms with Crippen molar-refractivity contribution in [3.8, 4) is 17.1 Å². The van der Waals surface area contributed by atoms with E-state index in [2.05, 4.69) is 4.90 Å². The fourth-order valence-corrected chi connectivity index (χ4v) is 3.89. The number of para-hydroxylation sites is 1. The van der Waals surface area contributed by atoms with Gasteiger partial charge in [-0.05, 0) is 56.3 Å². The van der Waals surface area contributed by atoms with Gasteiger partial charge in [-0.25, -0.2) is 0 Å². The van der Waals surface area contributed by atoms with Crippen LogP contribution in [0.2, 0.25) is 0 Å². The van der Waals surface area contributed by atoms with Crippen LogP contribution in [0.1, 0.15) is 27.2 Å². The number of ether oxygens (including phenoxy) is 1. The fourth-order valence-electron chi connectivity index (χ4n) is 3.89. The largest absolute Gasteiger partial charge is 0.487 e. The van der Waals surface area contributed by atoms with Gasteiger partial charge in [-0.15, -0.1) is 0 Å². The number of hydrogen-bond donors (Lipinski definition) is 1. The molecule has 168 valence electrons. The van der Waals surface area contributed by atoms with Crippen molar-refractivity contribution >= 4 is 11.7 Å². The number of carbonyl (C=O) groups is 1. The Hall–Kier alpha value is -3.25. The lowest BCUT2D eigenvalue weighted by Gasteiger charge is -2.39. The topological polar surface area (TPSA) is 66.2 Å². The highest BCUT2D eigenvalue weighted by Crippen LogP contribution is 2.29. The second-order valence-corrected chi connectivity index (χ2v) is 8.31. The Morgan fingerprint density at radius 1 is 1.19 bits per heavy atom. The summed E-state index contributed by atoms with van der Waals surface area (Å²) < 4.78 is 20.5. The lowest BCUT2D eigenvalue weighted by molar-refractivity contribution is -0.138. The molecule has 1 aliphatic rings. The predicted octanol–water partition coefficient (Wildman–Crippen LogP) is 4.90. The quantitative estimate of drug-likeness (QED) is 0.489. The Bertz CT molecular complexity index is 1050. The Morgan fingerprint density at radius 2 is 1.94 bits per heavy atom. The maximum atomic E-state index is 10.8. The van der Waals surface area contributed by atoms with Crippen LogP contribution in [-0.2, 0) is 11.3 Å². The van der Waals surface area contributed by atoms with Gasteiger partial charge in [-0.2, -0.15) is 0 Å². The summed E-state index contributed by atoms with van der Waals surface area (Å²) in [7, 11) is 0. The van der Waals surface area contributed by atoms with Crippen molar-refractivity contribution < 1.29 is 20.4 Å². The van der Waals surface area contributed by atoms with E-state index in [1.165, 1.54) is 0 Å². The maximum Gasteiger partial charge on any atom is 0.304 e. The lowest BCUT2D eigenvalue weighted by Crippen LogP contribution is -2.54. The molecule has 4 rings (SSSR count). The number of likely N-dealkylation sites (tertiary alicyclic amines) is 1. The van der Waals surface area contributed by atoms with E-state index < -0.39 is 12.0 Å². The molecule has 1 N–H and O–H groups in total. The van der Waals surface area contributed by atoms with Crippen molar-refractivity contribution in [1.29, 1.82) is 0 Å². The van der Waals surface area contributed by atoms with E-state index >= 15 is 0 Å². The highest BCUT2D eigenvalue weighted by molar-refractivity contribution is 5.66. The van der Waals surface area contributed by atoms with Gasteiger partial charge in [-0.3, -0.25) is 9.69 Å². The van der Waals surface area contributed by atoms with Crippen LogP contribution in [0.25, 0.3) is 11.3 Å². The third-order valence-corrected chi connectivity index (χ3v) is 5.68. The molecule has 6 nitrogen and oxygen atoms in total. The molecule has 0 saturated carbocycles. The Balaban J connectivity index is 1.46. The highest BCUT2D eigenvalue weighted by atomic mass is 16.5. The average Bonchev–Trinajstić information content (AvgIpc) is 3.28. The van der Waals surface area contributed by atoms with E-state index in [9.17, 15) is 4.79 Å². The van der Waals surface area contributed by atoms with E-state index in [1.807, 2.05) is 79.4 Å². The Morgan fingerprint density at radius 3 is 2.59 bits per heavy atom. The number of carboxylic acid groups (broad SMARTS) is 1.